The molecule has 1 N–H and O–H groups in total. The highest BCUT2D eigenvalue weighted by Crippen LogP contribution is 2.39. The van der Waals surface area contributed by atoms with Crippen molar-refractivity contribution in [2.75, 3.05) is 49.1 Å². The first-order chi connectivity index (χ1) is 15.3. The number of nitrogens with one attached hydrogen (secondary N) is 1. The molecule has 3 aromatic carbocycles. The van der Waals surface area contributed by atoms with Crippen LogP contribution in [0.15, 0.2) is 84.9 Å². The summed E-state index contributed by atoms with van der Waals surface area (Å²) in [4.78, 5) is 19.3. The minimum atomic E-state index is -0.103. The molecule has 2 aliphatic heterocycles. The van der Waals surface area contributed by atoms with Gasteiger partial charge in [0.2, 0.25) is 0 Å². The Bertz CT molecular complexity index is 1020. The minimum absolute atomic E-state index is 0.103. The maximum Gasteiger partial charge on any atom is 0.282 e. The van der Waals surface area contributed by atoms with E-state index in [1.165, 1.54) is 10.6 Å². The number of piperazine rings is 1. The van der Waals surface area contributed by atoms with Crippen molar-refractivity contribution in [3.05, 3.63) is 90.5 Å². The fraction of sp³-hybridized carbons (Fsp3) is 0.269. The number of anilines is 2. The Balaban J connectivity index is 1.32. The summed E-state index contributed by atoms with van der Waals surface area (Å²) < 4.78 is 6.02. The zero-order valence-corrected chi connectivity index (χ0v) is 17.6. The lowest BCUT2D eigenvalue weighted by molar-refractivity contribution is -0.892. The molecule has 2 aliphatic rings. The Hall–Kier alpha value is -3.31. The standard InChI is InChI=1S/C26H27N3O2/c30-26(19-27-15-17-28(18-16-27)22-11-5-2-6-12-22)29-23-13-7-8-14-25(23)31-20-24(29)21-9-3-1-4-10-21/h1-14,24H,15-20H2/p+1/t24-/m1/s1. The van der Waals surface area contributed by atoms with Crippen LogP contribution in [0.1, 0.15) is 11.6 Å². The van der Waals surface area contributed by atoms with Crippen molar-refractivity contribution >= 4 is 17.3 Å². The van der Waals surface area contributed by atoms with Gasteiger partial charge in [-0.05, 0) is 29.8 Å². The van der Waals surface area contributed by atoms with Crippen molar-refractivity contribution in [3.63, 3.8) is 0 Å². The molecule has 0 aliphatic carbocycles. The van der Waals surface area contributed by atoms with Crippen LogP contribution in [-0.2, 0) is 4.79 Å². The Morgan fingerprint density at radius 3 is 2.26 bits per heavy atom. The maximum absolute atomic E-state index is 13.6. The second-order valence-corrected chi connectivity index (χ2v) is 8.22. The van der Waals surface area contributed by atoms with Gasteiger partial charge in [0.15, 0.2) is 6.54 Å². The summed E-state index contributed by atoms with van der Waals surface area (Å²) >= 11 is 0. The van der Waals surface area contributed by atoms with E-state index in [0.717, 1.165) is 43.2 Å². The molecule has 31 heavy (non-hydrogen) atoms. The molecule has 0 bridgehead atoms. The van der Waals surface area contributed by atoms with Crippen LogP contribution in [0.4, 0.5) is 11.4 Å². The predicted molar refractivity (Wildman–Crippen MR) is 123 cm³/mol. The molecule has 5 nitrogen and oxygen atoms in total. The number of amides is 1. The third kappa shape index (κ3) is 4.14. The molecule has 1 saturated heterocycles. The monoisotopic (exact) mass is 414 g/mol. The van der Waals surface area contributed by atoms with Gasteiger partial charge in [0, 0.05) is 5.69 Å². The van der Waals surface area contributed by atoms with Crippen LogP contribution < -0.4 is 19.4 Å². The van der Waals surface area contributed by atoms with Gasteiger partial charge in [0.1, 0.15) is 12.4 Å². The quantitative estimate of drug-likeness (QED) is 0.713. The van der Waals surface area contributed by atoms with E-state index in [9.17, 15) is 4.79 Å². The summed E-state index contributed by atoms with van der Waals surface area (Å²) in [6, 6.07) is 28.5. The third-order valence-corrected chi connectivity index (χ3v) is 6.28. The molecule has 3 aromatic rings. The van der Waals surface area contributed by atoms with Crippen molar-refractivity contribution in [2.24, 2.45) is 0 Å². The number of quaternary nitrogens is 1. The summed E-state index contributed by atoms with van der Waals surface area (Å²) in [5.74, 6) is 0.944. The van der Waals surface area contributed by atoms with E-state index in [1.54, 1.807) is 0 Å². The van der Waals surface area contributed by atoms with E-state index >= 15 is 0 Å². The molecular weight excluding hydrogens is 386 g/mol. The molecule has 0 radical (unpaired) electrons. The highest BCUT2D eigenvalue weighted by molar-refractivity contribution is 5.96. The van der Waals surface area contributed by atoms with Gasteiger partial charge in [0.05, 0.1) is 37.9 Å². The van der Waals surface area contributed by atoms with Crippen molar-refractivity contribution < 1.29 is 14.4 Å². The van der Waals surface area contributed by atoms with Crippen LogP contribution in [0.5, 0.6) is 5.75 Å². The van der Waals surface area contributed by atoms with Gasteiger partial charge < -0.3 is 14.5 Å². The molecular formula is C26H28N3O2+. The number of carbonyl (C=O) groups is 1. The summed E-state index contributed by atoms with van der Waals surface area (Å²) in [7, 11) is 0. The average Bonchev–Trinajstić information content (AvgIpc) is 2.85. The highest BCUT2D eigenvalue weighted by Gasteiger charge is 2.35. The SMILES string of the molecule is O=C(C[NH+]1CCN(c2ccccc2)CC1)N1c2ccccc2OC[C@@H]1c1ccccc1. The van der Waals surface area contributed by atoms with Crippen LogP contribution >= 0.6 is 0 Å². The maximum atomic E-state index is 13.6. The lowest BCUT2D eigenvalue weighted by Gasteiger charge is -2.39. The smallest absolute Gasteiger partial charge is 0.282 e. The van der Waals surface area contributed by atoms with E-state index in [2.05, 4.69) is 41.3 Å². The summed E-state index contributed by atoms with van der Waals surface area (Å²) in [6.07, 6.45) is 0. The predicted octanol–water partition coefficient (Wildman–Crippen LogP) is 2.56. The molecule has 1 fully saturated rings. The number of rotatable bonds is 4. The van der Waals surface area contributed by atoms with Gasteiger partial charge in [-0.1, -0.05) is 60.7 Å². The third-order valence-electron chi connectivity index (χ3n) is 6.28. The Kier molecular flexibility index (Phi) is 5.59. The molecule has 2 heterocycles. The summed E-state index contributed by atoms with van der Waals surface area (Å²) in [6.45, 7) is 4.83. The Morgan fingerprint density at radius 1 is 0.871 bits per heavy atom. The number of para-hydroxylation sites is 3. The molecule has 1 atom stereocenters. The van der Waals surface area contributed by atoms with Gasteiger partial charge in [-0.3, -0.25) is 9.69 Å². The second-order valence-electron chi connectivity index (χ2n) is 8.22. The highest BCUT2D eigenvalue weighted by atomic mass is 16.5. The van der Waals surface area contributed by atoms with Gasteiger partial charge >= 0.3 is 0 Å². The van der Waals surface area contributed by atoms with Crippen molar-refractivity contribution in [2.45, 2.75) is 6.04 Å². The van der Waals surface area contributed by atoms with E-state index in [4.69, 9.17) is 4.74 Å². The van der Waals surface area contributed by atoms with Crippen LogP contribution in [0, 0.1) is 0 Å². The van der Waals surface area contributed by atoms with Crippen molar-refractivity contribution in [3.8, 4) is 5.75 Å². The van der Waals surface area contributed by atoms with Gasteiger partial charge in [-0.15, -0.1) is 0 Å². The molecule has 5 rings (SSSR count). The minimum Gasteiger partial charge on any atom is -0.489 e. The van der Waals surface area contributed by atoms with Crippen LogP contribution in [-0.4, -0.2) is 45.2 Å². The normalized spacial score (nSPS) is 18.9. The van der Waals surface area contributed by atoms with Gasteiger partial charge in [-0.2, -0.15) is 0 Å². The molecule has 0 spiro atoms. The van der Waals surface area contributed by atoms with E-state index in [1.807, 2.05) is 53.4 Å². The second kappa shape index (κ2) is 8.82. The first kappa shape index (κ1) is 19.6. The van der Waals surface area contributed by atoms with Crippen molar-refractivity contribution in [1.29, 1.82) is 0 Å². The van der Waals surface area contributed by atoms with Gasteiger partial charge in [-0.25, -0.2) is 0 Å². The fourth-order valence-corrected chi connectivity index (χ4v) is 4.61. The first-order valence-electron chi connectivity index (χ1n) is 11.0. The molecule has 0 aromatic heterocycles. The first-order valence-corrected chi connectivity index (χ1v) is 11.0. The van der Waals surface area contributed by atoms with Crippen molar-refractivity contribution in [1.82, 2.24) is 0 Å². The van der Waals surface area contributed by atoms with Crippen LogP contribution in [0.2, 0.25) is 0 Å². The van der Waals surface area contributed by atoms with Crippen LogP contribution in [0.3, 0.4) is 0 Å². The Morgan fingerprint density at radius 2 is 1.52 bits per heavy atom. The number of benzene rings is 3. The number of hydrogen-bond donors (Lipinski definition) is 1. The molecule has 0 unspecified atom stereocenters. The molecule has 1 amide bonds. The molecule has 158 valence electrons. The number of fused-ring (bicyclic) bond motifs is 1. The van der Waals surface area contributed by atoms with E-state index < -0.39 is 0 Å². The summed E-state index contributed by atoms with van der Waals surface area (Å²) in [5, 5.41) is 0. The largest absolute Gasteiger partial charge is 0.489 e. The Labute approximate surface area is 183 Å². The number of carbonyl (C=O) groups excluding carboxylic acids is 1. The van der Waals surface area contributed by atoms with Crippen LogP contribution in [0.25, 0.3) is 0 Å². The molecule has 0 saturated carbocycles. The van der Waals surface area contributed by atoms with Gasteiger partial charge in [0.25, 0.3) is 5.91 Å². The zero-order chi connectivity index (χ0) is 21.0. The lowest BCUT2D eigenvalue weighted by Crippen LogP contribution is -3.16. The lowest BCUT2D eigenvalue weighted by atomic mass is 10.0. The zero-order valence-electron chi connectivity index (χ0n) is 17.6. The van der Waals surface area contributed by atoms with E-state index in [-0.39, 0.29) is 11.9 Å². The number of hydrogen-bond acceptors (Lipinski definition) is 3. The number of nitrogens with zero attached hydrogens (tertiary/aromatic N) is 2. The molecule has 5 heteroatoms. The fourth-order valence-electron chi connectivity index (χ4n) is 4.61. The van der Waals surface area contributed by atoms with E-state index in [0.29, 0.717) is 13.2 Å². The average molecular weight is 415 g/mol. The summed E-state index contributed by atoms with van der Waals surface area (Å²) in [5.41, 5.74) is 3.24. The number of ether oxygens (including phenoxy) is 1. The topological polar surface area (TPSA) is 37.2 Å².